The minimum atomic E-state index is -4.27. The van der Waals surface area contributed by atoms with E-state index in [2.05, 4.69) is 34.3 Å². The number of alkyl halides is 4. The Morgan fingerprint density at radius 1 is 1.15 bits per heavy atom. The van der Waals surface area contributed by atoms with Crippen LogP contribution in [0.3, 0.4) is 0 Å². The Balaban J connectivity index is 2.10. The third-order valence-electron chi connectivity index (χ3n) is 3.14. The summed E-state index contributed by atoms with van der Waals surface area (Å²) in [6.07, 6.45) is -2.62. The summed E-state index contributed by atoms with van der Waals surface area (Å²) in [5.74, 6) is 0. The zero-order chi connectivity index (χ0) is 14.8. The van der Waals surface area contributed by atoms with Gasteiger partial charge in [0.2, 0.25) is 0 Å². The van der Waals surface area contributed by atoms with E-state index in [1.807, 2.05) is 0 Å². The monoisotopic (exact) mass is 362 g/mol. The fourth-order valence-electron chi connectivity index (χ4n) is 2.04. The smallest absolute Gasteiger partial charge is 0.166 e. The molecule has 1 aromatic carbocycles. The van der Waals surface area contributed by atoms with Crippen LogP contribution in [0.5, 0.6) is 0 Å². The highest BCUT2D eigenvalue weighted by Crippen LogP contribution is 2.35. The lowest BCUT2D eigenvalue weighted by Gasteiger charge is -2.12. The first kappa shape index (κ1) is 15.6. The van der Waals surface area contributed by atoms with Crippen molar-refractivity contribution in [2.45, 2.75) is 30.8 Å². The first-order chi connectivity index (χ1) is 9.41. The van der Waals surface area contributed by atoms with Gasteiger partial charge in [-0.1, -0.05) is 35.0 Å². The summed E-state index contributed by atoms with van der Waals surface area (Å²) in [7, 11) is 0. The molecule has 1 unspecified atom stereocenters. The number of halogens is 4. The Morgan fingerprint density at radius 2 is 1.80 bits per heavy atom. The zero-order valence-electron chi connectivity index (χ0n) is 10.9. The average Bonchev–Trinajstić information content (AvgIpc) is 2.86. The summed E-state index contributed by atoms with van der Waals surface area (Å²) in [5.41, 5.74) is 1.59. The van der Waals surface area contributed by atoms with Crippen LogP contribution in [0.2, 0.25) is 0 Å². The molecule has 0 saturated heterocycles. The Kier molecular flexibility index (Phi) is 4.91. The maximum Gasteiger partial charge on any atom is 0.416 e. The van der Waals surface area contributed by atoms with Crippen molar-refractivity contribution < 1.29 is 13.2 Å². The highest BCUT2D eigenvalue weighted by Gasteiger charge is 2.30. The predicted molar refractivity (Wildman–Crippen MR) is 80.5 cm³/mol. The van der Waals surface area contributed by atoms with E-state index in [0.717, 1.165) is 24.1 Å². The molecule has 0 amide bonds. The first-order valence-electron chi connectivity index (χ1n) is 6.28. The van der Waals surface area contributed by atoms with Crippen LogP contribution in [-0.4, -0.2) is 0 Å². The number of rotatable bonds is 4. The molecule has 20 heavy (non-hydrogen) atoms. The normalized spacial score (nSPS) is 13.4. The number of hydrogen-bond donors (Lipinski definition) is 0. The van der Waals surface area contributed by atoms with Crippen molar-refractivity contribution in [1.82, 2.24) is 0 Å². The molecule has 0 spiro atoms. The predicted octanol–water partition coefficient (Wildman–Crippen LogP) is 6.01. The highest BCUT2D eigenvalue weighted by molar-refractivity contribution is 9.09. The van der Waals surface area contributed by atoms with Crippen molar-refractivity contribution in [2.75, 3.05) is 0 Å². The SMILES string of the molecule is CCc1ccsc1C(Br)Cc1ccc(C(F)(F)F)cc1. The van der Waals surface area contributed by atoms with Crippen LogP contribution in [0.4, 0.5) is 13.2 Å². The van der Waals surface area contributed by atoms with Crippen LogP contribution in [0.25, 0.3) is 0 Å². The minimum Gasteiger partial charge on any atom is -0.166 e. The second-order valence-corrected chi connectivity index (χ2v) is 6.58. The summed E-state index contributed by atoms with van der Waals surface area (Å²) >= 11 is 5.32. The average molecular weight is 363 g/mol. The lowest BCUT2D eigenvalue weighted by molar-refractivity contribution is -0.137. The Hall–Kier alpha value is -0.810. The van der Waals surface area contributed by atoms with Gasteiger partial charge in [-0.15, -0.1) is 11.3 Å². The molecular formula is C15H14BrF3S. The molecule has 0 fully saturated rings. The van der Waals surface area contributed by atoms with Gasteiger partial charge in [0.1, 0.15) is 0 Å². The van der Waals surface area contributed by atoms with E-state index in [9.17, 15) is 13.2 Å². The number of benzene rings is 1. The third kappa shape index (κ3) is 3.64. The molecule has 1 heterocycles. The molecule has 5 heteroatoms. The van der Waals surface area contributed by atoms with Crippen molar-refractivity contribution in [1.29, 1.82) is 0 Å². The molecule has 108 valence electrons. The molecule has 0 N–H and O–H groups in total. The molecule has 0 saturated carbocycles. The lowest BCUT2D eigenvalue weighted by atomic mass is 10.0. The van der Waals surface area contributed by atoms with E-state index in [-0.39, 0.29) is 4.83 Å². The van der Waals surface area contributed by atoms with Crippen LogP contribution < -0.4 is 0 Å². The molecule has 1 atom stereocenters. The van der Waals surface area contributed by atoms with Crippen molar-refractivity contribution >= 4 is 27.3 Å². The second kappa shape index (κ2) is 6.31. The van der Waals surface area contributed by atoms with Crippen LogP contribution in [0.15, 0.2) is 35.7 Å². The number of aryl methyl sites for hydroxylation is 1. The van der Waals surface area contributed by atoms with Crippen molar-refractivity contribution in [3.05, 3.63) is 57.3 Å². The Bertz CT molecular complexity index is 557. The molecular weight excluding hydrogens is 349 g/mol. The van der Waals surface area contributed by atoms with Crippen LogP contribution in [-0.2, 0) is 19.0 Å². The van der Waals surface area contributed by atoms with E-state index >= 15 is 0 Å². The molecule has 2 rings (SSSR count). The molecule has 0 aliphatic heterocycles. The van der Waals surface area contributed by atoms with Gasteiger partial charge in [0, 0.05) is 4.88 Å². The van der Waals surface area contributed by atoms with E-state index in [1.54, 1.807) is 23.5 Å². The Labute approximate surface area is 128 Å². The highest BCUT2D eigenvalue weighted by atomic mass is 79.9. The van der Waals surface area contributed by atoms with Crippen molar-refractivity contribution in [3.63, 3.8) is 0 Å². The first-order valence-corrected chi connectivity index (χ1v) is 8.07. The number of thiophene rings is 1. The molecule has 0 aliphatic rings. The number of hydrogen-bond acceptors (Lipinski definition) is 1. The fourth-order valence-corrected chi connectivity index (χ4v) is 4.01. The summed E-state index contributed by atoms with van der Waals surface area (Å²) in [4.78, 5) is 1.40. The topological polar surface area (TPSA) is 0 Å². The van der Waals surface area contributed by atoms with Gasteiger partial charge < -0.3 is 0 Å². The van der Waals surface area contributed by atoms with Gasteiger partial charge in [0.15, 0.2) is 0 Å². The zero-order valence-corrected chi connectivity index (χ0v) is 13.3. The largest absolute Gasteiger partial charge is 0.416 e. The van der Waals surface area contributed by atoms with Gasteiger partial charge in [-0.3, -0.25) is 0 Å². The minimum absolute atomic E-state index is 0.147. The van der Waals surface area contributed by atoms with E-state index in [4.69, 9.17) is 0 Å². The van der Waals surface area contributed by atoms with Crippen LogP contribution in [0, 0.1) is 0 Å². The Morgan fingerprint density at radius 3 is 2.35 bits per heavy atom. The maximum absolute atomic E-state index is 12.5. The fraction of sp³-hybridized carbons (Fsp3) is 0.333. The van der Waals surface area contributed by atoms with E-state index in [1.165, 1.54) is 10.4 Å². The quantitative estimate of drug-likeness (QED) is 0.584. The van der Waals surface area contributed by atoms with Gasteiger partial charge in [-0.05, 0) is 47.5 Å². The van der Waals surface area contributed by atoms with E-state index in [0.29, 0.717) is 6.42 Å². The third-order valence-corrected chi connectivity index (χ3v) is 5.30. The molecule has 2 aromatic rings. The second-order valence-electron chi connectivity index (χ2n) is 4.53. The maximum atomic E-state index is 12.5. The molecule has 0 aliphatic carbocycles. The molecule has 1 aromatic heterocycles. The van der Waals surface area contributed by atoms with Gasteiger partial charge in [-0.2, -0.15) is 13.2 Å². The van der Waals surface area contributed by atoms with Crippen LogP contribution >= 0.6 is 27.3 Å². The molecule has 0 bridgehead atoms. The summed E-state index contributed by atoms with van der Waals surface area (Å²) in [5, 5.41) is 2.05. The molecule has 0 nitrogen and oxygen atoms in total. The molecule has 0 radical (unpaired) electrons. The van der Waals surface area contributed by atoms with Gasteiger partial charge in [0.05, 0.1) is 10.4 Å². The van der Waals surface area contributed by atoms with Gasteiger partial charge >= 0.3 is 6.18 Å². The summed E-state index contributed by atoms with van der Waals surface area (Å²) in [6, 6.07) is 7.49. The van der Waals surface area contributed by atoms with Gasteiger partial charge in [0.25, 0.3) is 0 Å². The van der Waals surface area contributed by atoms with Crippen LogP contribution in [0.1, 0.15) is 33.3 Å². The van der Waals surface area contributed by atoms with Crippen molar-refractivity contribution in [2.24, 2.45) is 0 Å². The van der Waals surface area contributed by atoms with Crippen molar-refractivity contribution in [3.8, 4) is 0 Å². The standard InChI is InChI=1S/C15H14BrF3S/c1-2-11-7-8-20-14(11)13(16)9-10-3-5-12(6-4-10)15(17,18)19/h3-8,13H,2,9H2,1H3. The van der Waals surface area contributed by atoms with E-state index < -0.39 is 11.7 Å². The summed E-state index contributed by atoms with van der Waals surface area (Å²) < 4.78 is 37.5. The summed E-state index contributed by atoms with van der Waals surface area (Å²) in [6.45, 7) is 2.10. The lowest BCUT2D eigenvalue weighted by Crippen LogP contribution is -2.05. The van der Waals surface area contributed by atoms with Gasteiger partial charge in [-0.25, -0.2) is 0 Å².